The second kappa shape index (κ2) is 6.97. The number of benzene rings is 2. The van der Waals surface area contributed by atoms with Crippen LogP contribution in [0.3, 0.4) is 0 Å². The van der Waals surface area contributed by atoms with Crippen molar-refractivity contribution in [2.75, 3.05) is 4.90 Å². The van der Waals surface area contributed by atoms with Gasteiger partial charge in [0.2, 0.25) is 0 Å². The summed E-state index contributed by atoms with van der Waals surface area (Å²) in [6, 6.07) is 16.9. The highest BCUT2D eigenvalue weighted by molar-refractivity contribution is 6.33. The zero-order chi connectivity index (χ0) is 15.4. The van der Waals surface area contributed by atoms with Gasteiger partial charge >= 0.3 is 0 Å². The molecule has 0 unspecified atom stereocenters. The summed E-state index contributed by atoms with van der Waals surface area (Å²) < 4.78 is 0. The molecule has 2 aromatic rings. The fraction of sp³-hybridized carbons (Fsp3) is 0.333. The van der Waals surface area contributed by atoms with Crippen LogP contribution in [0.1, 0.15) is 37.9 Å². The number of anilines is 1. The molecule has 0 fully saturated rings. The molecule has 0 aromatic heterocycles. The lowest BCUT2D eigenvalue weighted by atomic mass is 10.1. The van der Waals surface area contributed by atoms with Crippen molar-refractivity contribution in [1.82, 2.24) is 0 Å². The minimum absolute atomic E-state index is 0.00169. The van der Waals surface area contributed by atoms with Crippen molar-refractivity contribution < 1.29 is 0 Å². The van der Waals surface area contributed by atoms with E-state index in [-0.39, 0.29) is 6.04 Å². The van der Waals surface area contributed by atoms with Crippen LogP contribution in [0.2, 0.25) is 5.02 Å². The second-order valence-corrected chi connectivity index (χ2v) is 6.11. The van der Waals surface area contributed by atoms with Crippen LogP contribution in [0.4, 0.5) is 5.69 Å². The van der Waals surface area contributed by atoms with Gasteiger partial charge in [0.1, 0.15) is 0 Å². The molecule has 2 N–H and O–H groups in total. The van der Waals surface area contributed by atoms with Crippen molar-refractivity contribution in [3.05, 3.63) is 64.7 Å². The molecule has 0 radical (unpaired) electrons. The maximum atomic E-state index is 6.48. The summed E-state index contributed by atoms with van der Waals surface area (Å²) in [6.07, 6.45) is 0. The van der Waals surface area contributed by atoms with E-state index in [9.17, 15) is 0 Å². The summed E-state index contributed by atoms with van der Waals surface area (Å²) in [5.41, 5.74) is 9.31. The Morgan fingerprint density at radius 2 is 1.71 bits per heavy atom. The summed E-state index contributed by atoms with van der Waals surface area (Å²) in [7, 11) is 0. The van der Waals surface area contributed by atoms with Gasteiger partial charge in [-0.2, -0.15) is 0 Å². The topological polar surface area (TPSA) is 29.3 Å². The average Bonchev–Trinajstić information content (AvgIpc) is 2.46. The van der Waals surface area contributed by atoms with Crippen LogP contribution in [0.25, 0.3) is 0 Å². The van der Waals surface area contributed by atoms with E-state index in [1.54, 1.807) is 0 Å². The molecule has 0 heterocycles. The van der Waals surface area contributed by atoms with E-state index in [0.717, 1.165) is 22.8 Å². The Balaban J connectivity index is 2.30. The maximum absolute atomic E-state index is 6.48. The molecule has 0 aliphatic carbocycles. The van der Waals surface area contributed by atoms with Gasteiger partial charge in [0, 0.05) is 18.6 Å². The lowest BCUT2D eigenvalue weighted by Gasteiger charge is -2.30. The molecule has 0 aliphatic rings. The van der Waals surface area contributed by atoms with Crippen LogP contribution in [0, 0.1) is 0 Å². The Morgan fingerprint density at radius 1 is 1.05 bits per heavy atom. The zero-order valence-corrected chi connectivity index (χ0v) is 13.6. The first-order valence-electron chi connectivity index (χ1n) is 7.34. The third kappa shape index (κ3) is 3.99. The van der Waals surface area contributed by atoms with Crippen LogP contribution in [0.15, 0.2) is 48.5 Å². The zero-order valence-electron chi connectivity index (χ0n) is 12.9. The fourth-order valence-corrected chi connectivity index (χ4v) is 2.66. The molecule has 0 spiro atoms. The number of hydrogen-bond donors (Lipinski definition) is 1. The van der Waals surface area contributed by atoms with Crippen LogP contribution in [-0.2, 0) is 6.54 Å². The number of rotatable bonds is 5. The van der Waals surface area contributed by atoms with E-state index in [2.05, 4.69) is 55.1 Å². The first kappa shape index (κ1) is 15.9. The number of halogens is 1. The van der Waals surface area contributed by atoms with Gasteiger partial charge in [-0.05, 0) is 44.0 Å². The van der Waals surface area contributed by atoms with Gasteiger partial charge in [-0.25, -0.2) is 0 Å². The quantitative estimate of drug-likeness (QED) is 0.861. The average molecular weight is 303 g/mol. The van der Waals surface area contributed by atoms with Crippen LogP contribution in [0.5, 0.6) is 0 Å². The molecule has 0 amide bonds. The number of hydrogen-bond acceptors (Lipinski definition) is 2. The third-order valence-corrected chi connectivity index (χ3v) is 3.93. The minimum atomic E-state index is -0.00169. The Labute approximate surface area is 132 Å². The van der Waals surface area contributed by atoms with E-state index >= 15 is 0 Å². The molecular formula is C18H23ClN2. The van der Waals surface area contributed by atoms with E-state index < -0.39 is 0 Å². The largest absolute Gasteiger partial charge is 0.364 e. The number of nitrogens with zero attached hydrogens (tertiary/aromatic N) is 1. The maximum Gasteiger partial charge on any atom is 0.0643 e. The molecule has 1 atom stereocenters. The molecule has 0 saturated heterocycles. The number of nitrogens with two attached hydrogens (primary N) is 1. The summed E-state index contributed by atoms with van der Waals surface area (Å²) in [6.45, 7) is 7.17. The highest BCUT2D eigenvalue weighted by atomic mass is 35.5. The normalized spacial score (nSPS) is 12.5. The van der Waals surface area contributed by atoms with Gasteiger partial charge < -0.3 is 10.6 Å². The van der Waals surface area contributed by atoms with Crippen molar-refractivity contribution >= 4 is 17.3 Å². The van der Waals surface area contributed by atoms with Crippen molar-refractivity contribution in [2.24, 2.45) is 5.73 Å². The standard InChI is InChI=1S/C18H23ClN2/c1-13(2)21(12-15-7-5-4-6-8-15)18-10-9-16(14(3)20)11-17(18)19/h4-11,13-14H,12,20H2,1-3H3/t14-/m0/s1. The first-order valence-corrected chi connectivity index (χ1v) is 7.72. The van der Waals surface area contributed by atoms with Gasteiger partial charge in [0.15, 0.2) is 0 Å². The molecule has 0 aliphatic heterocycles. The van der Waals surface area contributed by atoms with E-state index in [1.165, 1.54) is 5.56 Å². The predicted molar refractivity (Wildman–Crippen MR) is 91.8 cm³/mol. The Bertz CT molecular complexity index is 579. The fourth-order valence-electron chi connectivity index (χ4n) is 2.37. The molecule has 3 heteroatoms. The molecule has 0 saturated carbocycles. The molecule has 2 aromatic carbocycles. The van der Waals surface area contributed by atoms with Crippen LogP contribution in [-0.4, -0.2) is 6.04 Å². The summed E-state index contributed by atoms with van der Waals surface area (Å²) in [5.74, 6) is 0. The molecule has 2 nitrogen and oxygen atoms in total. The molecule has 112 valence electrons. The van der Waals surface area contributed by atoms with Crippen molar-refractivity contribution in [3.63, 3.8) is 0 Å². The van der Waals surface area contributed by atoms with E-state index in [4.69, 9.17) is 17.3 Å². The van der Waals surface area contributed by atoms with E-state index in [1.807, 2.05) is 19.1 Å². The second-order valence-electron chi connectivity index (χ2n) is 5.71. The summed E-state index contributed by atoms with van der Waals surface area (Å²) in [5, 5.41) is 0.759. The summed E-state index contributed by atoms with van der Waals surface area (Å²) >= 11 is 6.48. The van der Waals surface area contributed by atoms with Crippen LogP contribution >= 0.6 is 11.6 Å². The molecule has 21 heavy (non-hydrogen) atoms. The predicted octanol–water partition coefficient (Wildman–Crippen LogP) is 4.77. The lowest BCUT2D eigenvalue weighted by molar-refractivity contribution is 0.682. The Morgan fingerprint density at radius 3 is 2.24 bits per heavy atom. The summed E-state index contributed by atoms with van der Waals surface area (Å²) in [4.78, 5) is 2.31. The smallest absolute Gasteiger partial charge is 0.0643 e. The van der Waals surface area contributed by atoms with Gasteiger partial charge in [-0.15, -0.1) is 0 Å². The van der Waals surface area contributed by atoms with Gasteiger partial charge in [-0.3, -0.25) is 0 Å². The molecule has 0 bridgehead atoms. The highest BCUT2D eigenvalue weighted by Crippen LogP contribution is 2.31. The SMILES string of the molecule is CC(C)N(Cc1ccccc1)c1ccc([C@H](C)N)cc1Cl. The van der Waals surface area contributed by atoms with Crippen molar-refractivity contribution in [3.8, 4) is 0 Å². The lowest BCUT2D eigenvalue weighted by Crippen LogP contribution is -2.30. The minimum Gasteiger partial charge on any atom is -0.364 e. The van der Waals surface area contributed by atoms with E-state index in [0.29, 0.717) is 6.04 Å². The molecular weight excluding hydrogens is 280 g/mol. The van der Waals surface area contributed by atoms with Gasteiger partial charge in [0.05, 0.1) is 10.7 Å². The van der Waals surface area contributed by atoms with Gasteiger partial charge in [-0.1, -0.05) is 48.0 Å². The van der Waals surface area contributed by atoms with Gasteiger partial charge in [0.25, 0.3) is 0 Å². The van der Waals surface area contributed by atoms with Crippen molar-refractivity contribution in [1.29, 1.82) is 0 Å². The monoisotopic (exact) mass is 302 g/mol. The van der Waals surface area contributed by atoms with Crippen LogP contribution < -0.4 is 10.6 Å². The highest BCUT2D eigenvalue weighted by Gasteiger charge is 2.15. The molecule has 2 rings (SSSR count). The first-order chi connectivity index (χ1) is 9.99. The Hall–Kier alpha value is -1.51. The van der Waals surface area contributed by atoms with Crippen molar-refractivity contribution in [2.45, 2.75) is 39.4 Å². The third-order valence-electron chi connectivity index (χ3n) is 3.63. The Kier molecular flexibility index (Phi) is 5.27.